The maximum absolute atomic E-state index is 13.7. The standard InChI is InChI=1S/C14H13ClFNO2S/c1-2-3-7-17-13(18)12(20-14(17)19)8-9-10(15)5-4-6-11(9)16/h4-6,8H,2-3,7H2,1H3/b12-8-. The van der Waals surface area contributed by atoms with Crippen LogP contribution in [-0.4, -0.2) is 22.6 Å². The Kier molecular flexibility index (Phi) is 4.83. The van der Waals surface area contributed by atoms with Crippen molar-refractivity contribution in [3.63, 3.8) is 0 Å². The van der Waals surface area contributed by atoms with Crippen molar-refractivity contribution in [3.05, 3.63) is 39.5 Å². The molecule has 1 fully saturated rings. The SMILES string of the molecule is CCCCN1C(=O)S/C(=C\c2c(F)cccc2Cl)C1=O. The second kappa shape index (κ2) is 6.41. The molecule has 2 rings (SSSR count). The molecule has 0 saturated carbocycles. The summed E-state index contributed by atoms with van der Waals surface area (Å²) in [5.74, 6) is -0.898. The molecular weight excluding hydrogens is 301 g/mol. The van der Waals surface area contributed by atoms with Gasteiger partial charge in [-0.25, -0.2) is 4.39 Å². The van der Waals surface area contributed by atoms with Crippen molar-refractivity contribution in [2.24, 2.45) is 0 Å². The largest absolute Gasteiger partial charge is 0.293 e. The Morgan fingerprint density at radius 3 is 2.80 bits per heavy atom. The quantitative estimate of drug-likeness (QED) is 0.777. The van der Waals surface area contributed by atoms with Gasteiger partial charge in [0.05, 0.1) is 9.93 Å². The van der Waals surface area contributed by atoms with Gasteiger partial charge in [-0.05, 0) is 36.4 Å². The first-order chi connectivity index (χ1) is 9.54. The second-order valence-electron chi connectivity index (χ2n) is 4.32. The van der Waals surface area contributed by atoms with E-state index in [0.29, 0.717) is 6.54 Å². The van der Waals surface area contributed by atoms with Gasteiger partial charge in [0.2, 0.25) is 0 Å². The minimum atomic E-state index is -0.516. The van der Waals surface area contributed by atoms with Gasteiger partial charge in [-0.15, -0.1) is 0 Å². The zero-order valence-electron chi connectivity index (χ0n) is 10.9. The lowest BCUT2D eigenvalue weighted by atomic mass is 10.2. The zero-order valence-corrected chi connectivity index (χ0v) is 12.4. The van der Waals surface area contributed by atoms with Crippen LogP contribution in [0.25, 0.3) is 6.08 Å². The molecule has 2 amide bonds. The maximum atomic E-state index is 13.7. The van der Waals surface area contributed by atoms with Gasteiger partial charge in [0.1, 0.15) is 5.82 Å². The van der Waals surface area contributed by atoms with E-state index < -0.39 is 5.82 Å². The molecule has 20 heavy (non-hydrogen) atoms. The van der Waals surface area contributed by atoms with Crippen molar-refractivity contribution in [1.29, 1.82) is 0 Å². The summed E-state index contributed by atoms with van der Waals surface area (Å²) in [4.78, 5) is 25.3. The van der Waals surface area contributed by atoms with Crippen molar-refractivity contribution >= 4 is 40.6 Å². The molecule has 0 atom stereocenters. The topological polar surface area (TPSA) is 37.4 Å². The summed E-state index contributed by atoms with van der Waals surface area (Å²) in [7, 11) is 0. The van der Waals surface area contributed by atoms with E-state index in [2.05, 4.69) is 0 Å². The number of imide groups is 1. The molecule has 3 nitrogen and oxygen atoms in total. The third-order valence-electron chi connectivity index (χ3n) is 2.88. The number of nitrogens with zero attached hydrogens (tertiary/aromatic N) is 1. The Hall–Kier alpha value is -1.33. The summed E-state index contributed by atoms with van der Waals surface area (Å²) in [5.41, 5.74) is 0.134. The van der Waals surface area contributed by atoms with Crippen LogP contribution in [0.2, 0.25) is 5.02 Å². The van der Waals surface area contributed by atoms with Gasteiger partial charge < -0.3 is 0 Å². The van der Waals surface area contributed by atoms with E-state index in [4.69, 9.17) is 11.6 Å². The van der Waals surface area contributed by atoms with Crippen molar-refractivity contribution in [2.45, 2.75) is 19.8 Å². The predicted molar refractivity (Wildman–Crippen MR) is 79.0 cm³/mol. The molecule has 0 unspecified atom stereocenters. The summed E-state index contributed by atoms with van der Waals surface area (Å²) in [5, 5.41) is -0.104. The highest BCUT2D eigenvalue weighted by molar-refractivity contribution is 8.18. The van der Waals surface area contributed by atoms with Crippen molar-refractivity contribution in [2.75, 3.05) is 6.54 Å². The minimum Gasteiger partial charge on any atom is -0.268 e. The van der Waals surface area contributed by atoms with Crippen LogP contribution in [0.5, 0.6) is 0 Å². The fourth-order valence-corrected chi connectivity index (χ4v) is 2.85. The summed E-state index contributed by atoms with van der Waals surface area (Å²) in [6, 6.07) is 4.29. The predicted octanol–water partition coefficient (Wildman–Crippen LogP) is 4.32. The minimum absolute atomic E-state index is 0.134. The number of hydrogen-bond donors (Lipinski definition) is 0. The lowest BCUT2D eigenvalue weighted by Gasteiger charge is -2.10. The molecule has 0 aromatic heterocycles. The average Bonchev–Trinajstić information content (AvgIpc) is 2.67. The van der Waals surface area contributed by atoms with Crippen LogP contribution in [0.4, 0.5) is 9.18 Å². The molecular formula is C14H13ClFNO2S. The first-order valence-electron chi connectivity index (χ1n) is 6.24. The van der Waals surface area contributed by atoms with Crippen molar-refractivity contribution in [3.8, 4) is 0 Å². The molecule has 1 aromatic carbocycles. The molecule has 0 bridgehead atoms. The second-order valence-corrected chi connectivity index (χ2v) is 5.72. The first kappa shape index (κ1) is 15.1. The number of unbranched alkanes of at least 4 members (excludes halogenated alkanes) is 1. The van der Waals surface area contributed by atoms with Crippen LogP contribution in [0.1, 0.15) is 25.3 Å². The lowest BCUT2D eigenvalue weighted by molar-refractivity contribution is -0.122. The number of halogens is 2. The van der Waals surface area contributed by atoms with E-state index >= 15 is 0 Å². The van der Waals surface area contributed by atoms with Crippen LogP contribution in [0.15, 0.2) is 23.1 Å². The van der Waals surface area contributed by atoms with Gasteiger partial charge in [0, 0.05) is 12.1 Å². The highest BCUT2D eigenvalue weighted by Gasteiger charge is 2.34. The van der Waals surface area contributed by atoms with Gasteiger partial charge >= 0.3 is 0 Å². The normalized spacial score (nSPS) is 17.4. The van der Waals surface area contributed by atoms with Crippen LogP contribution in [0.3, 0.4) is 0 Å². The van der Waals surface area contributed by atoms with E-state index in [1.54, 1.807) is 0 Å². The van der Waals surface area contributed by atoms with Gasteiger partial charge in [-0.1, -0.05) is 31.0 Å². The average molecular weight is 314 g/mol. The molecule has 0 N–H and O–H groups in total. The fraction of sp³-hybridized carbons (Fsp3) is 0.286. The lowest BCUT2D eigenvalue weighted by Crippen LogP contribution is -2.29. The number of thioether (sulfide) groups is 1. The Balaban J connectivity index is 2.28. The summed E-state index contributed by atoms with van der Waals surface area (Å²) < 4.78 is 13.7. The zero-order chi connectivity index (χ0) is 14.7. The first-order valence-corrected chi connectivity index (χ1v) is 7.43. The van der Waals surface area contributed by atoms with Gasteiger partial charge in [-0.2, -0.15) is 0 Å². The molecule has 0 aliphatic carbocycles. The highest BCUT2D eigenvalue weighted by atomic mass is 35.5. The molecule has 106 valence electrons. The van der Waals surface area contributed by atoms with Crippen molar-refractivity contribution < 1.29 is 14.0 Å². The number of rotatable bonds is 4. The third kappa shape index (κ3) is 3.04. The molecule has 1 aliphatic rings. The molecule has 0 radical (unpaired) electrons. The molecule has 1 aliphatic heterocycles. The van der Waals surface area contributed by atoms with E-state index in [9.17, 15) is 14.0 Å². The van der Waals surface area contributed by atoms with Crippen LogP contribution in [-0.2, 0) is 4.79 Å². The monoisotopic (exact) mass is 313 g/mol. The van der Waals surface area contributed by atoms with Gasteiger partial charge in [0.15, 0.2) is 0 Å². The van der Waals surface area contributed by atoms with E-state index in [1.165, 1.54) is 29.2 Å². The van der Waals surface area contributed by atoms with E-state index in [1.807, 2.05) is 6.92 Å². The van der Waals surface area contributed by atoms with Gasteiger partial charge in [-0.3, -0.25) is 14.5 Å². The molecule has 6 heteroatoms. The molecule has 0 spiro atoms. The number of carbonyl (C=O) groups excluding carboxylic acids is 2. The number of hydrogen-bond acceptors (Lipinski definition) is 3. The number of carbonyl (C=O) groups is 2. The smallest absolute Gasteiger partial charge is 0.268 e. The Bertz CT molecular complexity index is 568. The third-order valence-corrected chi connectivity index (χ3v) is 4.12. The number of benzene rings is 1. The van der Waals surface area contributed by atoms with Crippen LogP contribution in [0, 0.1) is 5.82 Å². The van der Waals surface area contributed by atoms with Crippen molar-refractivity contribution in [1.82, 2.24) is 4.90 Å². The van der Waals surface area contributed by atoms with Crippen LogP contribution >= 0.6 is 23.4 Å². The maximum Gasteiger partial charge on any atom is 0.293 e. The van der Waals surface area contributed by atoms with E-state index in [-0.39, 0.29) is 26.6 Å². The molecule has 1 saturated heterocycles. The molecule has 1 aromatic rings. The Morgan fingerprint density at radius 1 is 1.40 bits per heavy atom. The highest BCUT2D eigenvalue weighted by Crippen LogP contribution is 2.34. The van der Waals surface area contributed by atoms with Gasteiger partial charge in [0.25, 0.3) is 11.1 Å². The Morgan fingerprint density at radius 2 is 2.15 bits per heavy atom. The summed E-state index contributed by atoms with van der Waals surface area (Å²) >= 11 is 6.73. The fourth-order valence-electron chi connectivity index (χ4n) is 1.79. The summed E-state index contributed by atoms with van der Waals surface area (Å²) in [6.45, 7) is 2.37. The summed E-state index contributed by atoms with van der Waals surface area (Å²) in [6.07, 6.45) is 2.99. The number of amides is 2. The van der Waals surface area contributed by atoms with Crippen LogP contribution < -0.4 is 0 Å². The van der Waals surface area contributed by atoms with E-state index in [0.717, 1.165) is 24.6 Å². The molecule has 1 heterocycles. The Labute approximate surface area is 125 Å².